The fourth-order valence-corrected chi connectivity index (χ4v) is 5.64. The van der Waals surface area contributed by atoms with Gasteiger partial charge in [0.25, 0.3) is 0 Å². The third kappa shape index (κ3) is 8.19. The minimum Gasteiger partial charge on any atom is -0.492 e. The van der Waals surface area contributed by atoms with Gasteiger partial charge in [-0.3, -0.25) is 4.79 Å². The number of halogens is 1. The zero-order chi connectivity index (χ0) is 29.4. The fraction of sp³-hybridized carbons (Fsp3) is 0.548. The van der Waals surface area contributed by atoms with Crippen LogP contribution in [0.25, 0.3) is 0 Å². The van der Waals surface area contributed by atoms with E-state index in [9.17, 15) is 10.1 Å². The van der Waals surface area contributed by atoms with E-state index >= 15 is 0 Å². The minimum atomic E-state index is -0.349. The van der Waals surface area contributed by atoms with Gasteiger partial charge in [-0.15, -0.1) is 0 Å². The second kappa shape index (κ2) is 14.6. The molecule has 2 heterocycles. The van der Waals surface area contributed by atoms with Crippen LogP contribution in [0.1, 0.15) is 51.1 Å². The fourth-order valence-electron chi connectivity index (χ4n) is 5.40. The zero-order valence-electron chi connectivity index (χ0n) is 24.6. The van der Waals surface area contributed by atoms with Crippen molar-refractivity contribution in [3.05, 3.63) is 40.9 Å². The van der Waals surface area contributed by atoms with Crippen LogP contribution in [0.3, 0.4) is 0 Å². The monoisotopic (exact) mass is 582 g/mol. The first-order chi connectivity index (χ1) is 19.8. The predicted molar refractivity (Wildman–Crippen MR) is 165 cm³/mol. The Hall–Kier alpha value is -3.19. The lowest BCUT2D eigenvalue weighted by Gasteiger charge is -2.33. The molecule has 4 atom stereocenters. The summed E-state index contributed by atoms with van der Waals surface area (Å²) in [5, 5.41) is 24.0. The van der Waals surface area contributed by atoms with E-state index in [1.54, 1.807) is 0 Å². The van der Waals surface area contributed by atoms with E-state index in [2.05, 4.69) is 39.2 Å². The van der Waals surface area contributed by atoms with Crippen LogP contribution in [0.2, 0.25) is 5.02 Å². The maximum Gasteiger partial charge on any atom is 0.224 e. The summed E-state index contributed by atoms with van der Waals surface area (Å²) in [6, 6.07) is 11.9. The van der Waals surface area contributed by atoms with Crippen LogP contribution < -0.4 is 30.7 Å². The van der Waals surface area contributed by atoms with E-state index in [1.165, 1.54) is 12.8 Å². The zero-order valence-corrected chi connectivity index (χ0v) is 25.3. The van der Waals surface area contributed by atoms with Gasteiger partial charge in [-0.2, -0.15) is 5.26 Å². The van der Waals surface area contributed by atoms with Crippen LogP contribution in [-0.4, -0.2) is 63.8 Å². The third-order valence-corrected chi connectivity index (χ3v) is 8.05. The quantitative estimate of drug-likeness (QED) is 0.259. The molecule has 4 rings (SSSR count). The molecular weight excluding hydrogens is 540 g/mol. The number of amides is 1. The van der Waals surface area contributed by atoms with Crippen molar-refractivity contribution in [2.45, 2.75) is 51.6 Å². The SMILES string of the molecule is CCOc1cc2c(cc1NC(=O)CCCN(C)C)C(Nc1ccc(OCC3NCCCC3C)c(Cl)c1)C(C#N)CN2. The maximum absolute atomic E-state index is 12.8. The second-order valence-corrected chi connectivity index (χ2v) is 11.6. The number of carbonyl (C=O) groups excluding carboxylic acids is 1. The van der Waals surface area contributed by atoms with Gasteiger partial charge in [-0.1, -0.05) is 18.5 Å². The smallest absolute Gasteiger partial charge is 0.224 e. The molecule has 9 nitrogen and oxygen atoms in total. The number of nitrogens with zero attached hydrogens (tertiary/aromatic N) is 2. The molecule has 0 aliphatic carbocycles. The van der Waals surface area contributed by atoms with Crippen molar-refractivity contribution in [1.82, 2.24) is 10.2 Å². The molecule has 0 aromatic heterocycles. The average molecular weight is 583 g/mol. The summed E-state index contributed by atoms with van der Waals surface area (Å²) in [6.45, 7) is 7.51. The summed E-state index contributed by atoms with van der Waals surface area (Å²) >= 11 is 6.64. The molecule has 4 unspecified atom stereocenters. The van der Waals surface area contributed by atoms with Gasteiger partial charge in [0.15, 0.2) is 0 Å². The number of ether oxygens (including phenoxy) is 2. The summed E-state index contributed by atoms with van der Waals surface area (Å²) in [7, 11) is 3.98. The Bertz CT molecular complexity index is 1230. The first-order valence-corrected chi connectivity index (χ1v) is 15.0. The van der Waals surface area contributed by atoms with E-state index < -0.39 is 0 Å². The summed E-state index contributed by atoms with van der Waals surface area (Å²) in [5.74, 6) is 1.37. The van der Waals surface area contributed by atoms with Gasteiger partial charge < -0.3 is 35.6 Å². The molecule has 2 aromatic rings. The minimum absolute atomic E-state index is 0.0712. The Morgan fingerprint density at radius 2 is 2.05 bits per heavy atom. The molecule has 41 heavy (non-hydrogen) atoms. The van der Waals surface area contributed by atoms with Gasteiger partial charge in [0.2, 0.25) is 5.91 Å². The summed E-state index contributed by atoms with van der Waals surface area (Å²) in [4.78, 5) is 14.8. The van der Waals surface area contributed by atoms with Gasteiger partial charge in [-0.05, 0) is 83.6 Å². The third-order valence-electron chi connectivity index (χ3n) is 7.75. The lowest BCUT2D eigenvalue weighted by atomic mass is 9.88. The largest absolute Gasteiger partial charge is 0.492 e. The Balaban J connectivity index is 1.52. The molecule has 2 aliphatic rings. The van der Waals surface area contributed by atoms with Crippen molar-refractivity contribution in [3.8, 4) is 17.6 Å². The topological polar surface area (TPSA) is 111 Å². The summed E-state index contributed by atoms with van der Waals surface area (Å²) in [6.07, 6.45) is 3.56. The van der Waals surface area contributed by atoms with Gasteiger partial charge in [-0.25, -0.2) is 0 Å². The molecular formula is C31H43ClN6O3. The van der Waals surface area contributed by atoms with Gasteiger partial charge >= 0.3 is 0 Å². The number of anilines is 3. The Kier molecular flexibility index (Phi) is 11.0. The van der Waals surface area contributed by atoms with E-state index in [4.69, 9.17) is 21.1 Å². The van der Waals surface area contributed by atoms with Crippen LogP contribution in [0.4, 0.5) is 17.1 Å². The highest BCUT2D eigenvalue weighted by Gasteiger charge is 2.31. The Morgan fingerprint density at radius 1 is 1.22 bits per heavy atom. The first-order valence-electron chi connectivity index (χ1n) is 14.6. The van der Waals surface area contributed by atoms with Crippen LogP contribution in [0, 0.1) is 23.2 Å². The van der Waals surface area contributed by atoms with Crippen molar-refractivity contribution < 1.29 is 14.3 Å². The number of nitrogens with one attached hydrogen (secondary N) is 4. The van der Waals surface area contributed by atoms with Crippen molar-refractivity contribution in [2.24, 2.45) is 11.8 Å². The standard InChI is InChI=1S/C31H43ClN6O3/c1-5-40-29-16-25-23(15-26(29)37-30(39)9-7-13-38(3)4)31(21(17-33)18-35-25)36-22-10-11-28(24(32)14-22)41-19-27-20(2)8-6-12-34-27/h10-11,14-16,20-21,27,31,34-36H,5-9,12-13,18-19H2,1-4H3,(H,37,39). The summed E-state index contributed by atoms with van der Waals surface area (Å²) in [5.41, 5.74) is 3.12. The molecule has 0 radical (unpaired) electrons. The molecule has 1 fully saturated rings. The lowest BCUT2D eigenvalue weighted by molar-refractivity contribution is -0.116. The highest BCUT2D eigenvalue weighted by molar-refractivity contribution is 6.32. The summed E-state index contributed by atoms with van der Waals surface area (Å²) < 4.78 is 12.0. The van der Waals surface area contributed by atoms with Crippen molar-refractivity contribution in [1.29, 1.82) is 5.26 Å². The van der Waals surface area contributed by atoms with E-state index in [1.807, 2.05) is 51.4 Å². The molecule has 1 saturated heterocycles. The van der Waals surface area contributed by atoms with Gasteiger partial charge in [0, 0.05) is 42.0 Å². The maximum atomic E-state index is 12.8. The molecule has 222 valence electrons. The Morgan fingerprint density at radius 3 is 2.76 bits per heavy atom. The molecule has 1 amide bonds. The number of hydrogen-bond donors (Lipinski definition) is 4. The number of carbonyl (C=O) groups is 1. The molecule has 2 aromatic carbocycles. The number of rotatable bonds is 12. The van der Waals surface area contributed by atoms with Crippen LogP contribution >= 0.6 is 11.6 Å². The number of fused-ring (bicyclic) bond motifs is 1. The van der Waals surface area contributed by atoms with Crippen LogP contribution in [0.5, 0.6) is 11.5 Å². The van der Waals surface area contributed by atoms with Crippen molar-refractivity contribution in [3.63, 3.8) is 0 Å². The molecule has 0 saturated carbocycles. The number of nitriles is 1. The molecule has 4 N–H and O–H groups in total. The van der Waals surface area contributed by atoms with Gasteiger partial charge in [0.1, 0.15) is 18.1 Å². The highest BCUT2D eigenvalue weighted by Crippen LogP contribution is 2.42. The second-order valence-electron chi connectivity index (χ2n) is 11.2. The van der Waals surface area contributed by atoms with E-state index in [0.717, 1.165) is 36.4 Å². The van der Waals surface area contributed by atoms with Crippen LogP contribution in [-0.2, 0) is 4.79 Å². The number of hydrogen-bond acceptors (Lipinski definition) is 8. The van der Waals surface area contributed by atoms with Crippen molar-refractivity contribution >= 4 is 34.6 Å². The lowest BCUT2D eigenvalue weighted by Crippen LogP contribution is -2.44. The Labute approximate surface area is 248 Å². The molecule has 0 spiro atoms. The molecule has 0 bridgehead atoms. The average Bonchev–Trinajstić information content (AvgIpc) is 2.94. The molecule has 2 aliphatic heterocycles. The van der Waals surface area contributed by atoms with Gasteiger partial charge in [0.05, 0.1) is 35.3 Å². The van der Waals surface area contributed by atoms with Crippen molar-refractivity contribution in [2.75, 3.05) is 62.9 Å². The number of piperidine rings is 1. The molecule has 10 heteroatoms. The first kappa shape index (κ1) is 30.8. The van der Waals surface area contributed by atoms with Crippen LogP contribution in [0.15, 0.2) is 30.3 Å². The normalized spacial score (nSPS) is 21.8. The predicted octanol–water partition coefficient (Wildman–Crippen LogP) is 5.50. The number of benzene rings is 2. The highest BCUT2D eigenvalue weighted by atomic mass is 35.5. The van der Waals surface area contributed by atoms with E-state index in [-0.39, 0.29) is 17.9 Å². The van der Waals surface area contributed by atoms with E-state index in [0.29, 0.717) is 60.3 Å².